The van der Waals surface area contributed by atoms with Crippen LogP contribution in [0.1, 0.15) is 32.3 Å². The summed E-state index contributed by atoms with van der Waals surface area (Å²) in [6.07, 6.45) is 5.55. The lowest BCUT2D eigenvalue weighted by molar-refractivity contribution is -0.250. The Morgan fingerprint density at radius 2 is 1.55 bits per heavy atom. The number of esters is 2. The molecule has 1 aliphatic heterocycles. The second-order valence-corrected chi connectivity index (χ2v) is 5.39. The second-order valence-electron chi connectivity index (χ2n) is 5.39. The topological polar surface area (TPSA) is 52.6 Å². The highest BCUT2D eigenvalue weighted by Crippen LogP contribution is 2.42. The lowest BCUT2D eigenvalue weighted by atomic mass is 9.73. The molecular weight excluding hydrogens is 256 g/mol. The fraction of sp³-hybridized carbons (Fsp3) is 0.375. The van der Waals surface area contributed by atoms with E-state index in [0.717, 1.165) is 0 Å². The van der Waals surface area contributed by atoms with Gasteiger partial charge in [-0.3, -0.25) is 9.59 Å². The first-order valence-electron chi connectivity index (χ1n) is 6.29. The summed E-state index contributed by atoms with van der Waals surface area (Å²) in [5.41, 5.74) is -0.836. The standard InChI is InChI=1S/C16H16O4/c1-5-12(11-9-7-6-8-10-11)16(4)13(17)19-15(2,3)20-14(16)18/h1,6-10,12H,2-4H3/t12-/m0/s1. The molecule has 0 spiro atoms. The quantitative estimate of drug-likeness (QED) is 0.471. The van der Waals surface area contributed by atoms with E-state index in [1.54, 1.807) is 24.3 Å². The van der Waals surface area contributed by atoms with Gasteiger partial charge < -0.3 is 9.47 Å². The average Bonchev–Trinajstić information content (AvgIpc) is 2.37. The molecule has 4 heteroatoms. The summed E-state index contributed by atoms with van der Waals surface area (Å²) in [5, 5.41) is 0. The molecule has 104 valence electrons. The maximum atomic E-state index is 12.3. The lowest BCUT2D eigenvalue weighted by Crippen LogP contribution is -2.54. The normalized spacial score (nSPS) is 21.3. The molecule has 1 aromatic rings. The third-order valence-corrected chi connectivity index (χ3v) is 3.40. The van der Waals surface area contributed by atoms with Crippen LogP contribution in [-0.4, -0.2) is 17.7 Å². The van der Waals surface area contributed by atoms with Gasteiger partial charge in [0.05, 0.1) is 5.92 Å². The van der Waals surface area contributed by atoms with Crippen molar-refractivity contribution in [2.45, 2.75) is 32.5 Å². The van der Waals surface area contributed by atoms with Crippen molar-refractivity contribution in [1.82, 2.24) is 0 Å². The molecule has 1 fully saturated rings. The highest BCUT2D eigenvalue weighted by molar-refractivity contribution is 6.03. The van der Waals surface area contributed by atoms with Crippen molar-refractivity contribution in [3.05, 3.63) is 35.9 Å². The number of hydrogen-bond donors (Lipinski definition) is 0. The van der Waals surface area contributed by atoms with Crippen LogP contribution in [0.4, 0.5) is 0 Å². The van der Waals surface area contributed by atoms with E-state index >= 15 is 0 Å². The minimum atomic E-state index is -1.54. The van der Waals surface area contributed by atoms with Gasteiger partial charge in [0, 0.05) is 13.8 Å². The van der Waals surface area contributed by atoms with Gasteiger partial charge in [-0.05, 0) is 12.5 Å². The van der Waals surface area contributed by atoms with E-state index in [-0.39, 0.29) is 0 Å². The van der Waals surface area contributed by atoms with Crippen LogP contribution in [0, 0.1) is 17.8 Å². The molecule has 1 aromatic carbocycles. The highest BCUT2D eigenvalue weighted by atomic mass is 16.7. The van der Waals surface area contributed by atoms with Gasteiger partial charge in [0.2, 0.25) is 0 Å². The molecule has 1 atom stereocenters. The molecule has 0 unspecified atom stereocenters. The lowest BCUT2D eigenvalue weighted by Gasteiger charge is -2.40. The van der Waals surface area contributed by atoms with Crippen molar-refractivity contribution in [3.8, 4) is 12.3 Å². The molecule has 1 saturated heterocycles. The Labute approximate surface area is 118 Å². The Morgan fingerprint density at radius 3 is 2.00 bits per heavy atom. The predicted molar refractivity (Wildman–Crippen MR) is 72.4 cm³/mol. The fourth-order valence-corrected chi connectivity index (χ4v) is 2.24. The van der Waals surface area contributed by atoms with Crippen molar-refractivity contribution >= 4 is 11.9 Å². The molecule has 1 heterocycles. The largest absolute Gasteiger partial charge is 0.422 e. The molecule has 0 saturated carbocycles. The summed E-state index contributed by atoms with van der Waals surface area (Å²) in [6, 6.07) is 8.98. The number of hydrogen-bond acceptors (Lipinski definition) is 4. The van der Waals surface area contributed by atoms with Gasteiger partial charge in [0.25, 0.3) is 5.79 Å². The number of ether oxygens (including phenoxy) is 2. The maximum Gasteiger partial charge on any atom is 0.328 e. The van der Waals surface area contributed by atoms with Crippen LogP contribution >= 0.6 is 0 Å². The zero-order valence-corrected chi connectivity index (χ0v) is 11.7. The van der Waals surface area contributed by atoms with Crippen molar-refractivity contribution in [3.63, 3.8) is 0 Å². The van der Waals surface area contributed by atoms with Crippen LogP contribution in [0.3, 0.4) is 0 Å². The minimum Gasteiger partial charge on any atom is -0.422 e. The number of benzene rings is 1. The third kappa shape index (κ3) is 2.16. The van der Waals surface area contributed by atoms with Gasteiger partial charge in [0.15, 0.2) is 5.41 Å². The van der Waals surface area contributed by atoms with E-state index in [0.29, 0.717) is 5.56 Å². The maximum absolute atomic E-state index is 12.3. The molecule has 0 bridgehead atoms. The smallest absolute Gasteiger partial charge is 0.328 e. The Morgan fingerprint density at radius 1 is 1.05 bits per heavy atom. The summed E-state index contributed by atoms with van der Waals surface area (Å²) < 4.78 is 10.4. The Kier molecular flexibility index (Phi) is 3.31. The van der Waals surface area contributed by atoms with Crippen LogP contribution in [0.5, 0.6) is 0 Å². The molecule has 0 amide bonds. The predicted octanol–water partition coefficient (Wildman–Crippen LogP) is 2.25. The van der Waals surface area contributed by atoms with E-state index in [1.807, 2.05) is 6.07 Å². The van der Waals surface area contributed by atoms with Crippen LogP contribution in [0.25, 0.3) is 0 Å². The Bertz CT molecular complexity index is 560. The van der Waals surface area contributed by atoms with E-state index < -0.39 is 29.1 Å². The summed E-state index contributed by atoms with van der Waals surface area (Å²) in [7, 11) is 0. The van der Waals surface area contributed by atoms with Crippen molar-refractivity contribution in [2.24, 2.45) is 5.41 Å². The van der Waals surface area contributed by atoms with Gasteiger partial charge in [0.1, 0.15) is 0 Å². The average molecular weight is 272 g/mol. The number of carbonyl (C=O) groups is 2. The molecule has 0 N–H and O–H groups in total. The zero-order chi connectivity index (χ0) is 15.0. The van der Waals surface area contributed by atoms with Crippen molar-refractivity contribution in [2.75, 3.05) is 0 Å². The third-order valence-electron chi connectivity index (χ3n) is 3.40. The second kappa shape index (κ2) is 4.68. The summed E-state index contributed by atoms with van der Waals surface area (Å²) in [6.45, 7) is 4.48. The number of cyclic esters (lactones) is 2. The van der Waals surface area contributed by atoms with Gasteiger partial charge in [-0.15, -0.1) is 6.42 Å². The molecule has 4 nitrogen and oxygen atoms in total. The van der Waals surface area contributed by atoms with E-state index in [9.17, 15) is 9.59 Å². The first kappa shape index (κ1) is 14.1. The Hall–Kier alpha value is -2.28. The van der Waals surface area contributed by atoms with E-state index in [1.165, 1.54) is 20.8 Å². The summed E-state index contributed by atoms with van der Waals surface area (Å²) in [4.78, 5) is 24.6. The van der Waals surface area contributed by atoms with Gasteiger partial charge in [-0.1, -0.05) is 36.3 Å². The minimum absolute atomic E-state index is 0.662. The number of terminal acetylenes is 1. The van der Waals surface area contributed by atoms with Gasteiger partial charge in [-0.25, -0.2) is 0 Å². The molecule has 20 heavy (non-hydrogen) atoms. The van der Waals surface area contributed by atoms with Crippen LogP contribution in [0.2, 0.25) is 0 Å². The molecule has 0 aromatic heterocycles. The highest BCUT2D eigenvalue weighted by Gasteiger charge is 2.57. The van der Waals surface area contributed by atoms with Crippen LogP contribution in [0.15, 0.2) is 30.3 Å². The number of rotatable bonds is 2. The molecule has 1 aliphatic rings. The van der Waals surface area contributed by atoms with E-state index in [4.69, 9.17) is 15.9 Å². The molecule has 2 rings (SSSR count). The first-order chi connectivity index (χ1) is 9.31. The first-order valence-corrected chi connectivity index (χ1v) is 6.29. The Balaban J connectivity index is 2.46. The number of carbonyl (C=O) groups excluding carboxylic acids is 2. The van der Waals surface area contributed by atoms with E-state index in [2.05, 4.69) is 5.92 Å². The SMILES string of the molecule is C#C[C@@H](c1ccccc1)C1(C)C(=O)OC(C)(C)OC1=O. The van der Waals surface area contributed by atoms with Crippen molar-refractivity contribution in [1.29, 1.82) is 0 Å². The fourth-order valence-electron chi connectivity index (χ4n) is 2.24. The van der Waals surface area contributed by atoms with Gasteiger partial charge in [-0.2, -0.15) is 0 Å². The molecule has 0 radical (unpaired) electrons. The van der Waals surface area contributed by atoms with Crippen LogP contribution in [-0.2, 0) is 19.1 Å². The summed E-state index contributed by atoms with van der Waals surface area (Å²) >= 11 is 0. The van der Waals surface area contributed by atoms with Crippen LogP contribution < -0.4 is 0 Å². The molecular formula is C16H16O4. The zero-order valence-electron chi connectivity index (χ0n) is 11.7. The molecule has 0 aliphatic carbocycles. The van der Waals surface area contributed by atoms with Gasteiger partial charge >= 0.3 is 11.9 Å². The monoisotopic (exact) mass is 272 g/mol. The summed E-state index contributed by atoms with van der Waals surface area (Å²) in [5.74, 6) is -0.805. The van der Waals surface area contributed by atoms with Crippen molar-refractivity contribution < 1.29 is 19.1 Å².